The van der Waals surface area contributed by atoms with Crippen LogP contribution in [0, 0.1) is 12.7 Å². The first kappa shape index (κ1) is 16.5. The van der Waals surface area contributed by atoms with Gasteiger partial charge in [-0.15, -0.1) is 0 Å². The standard InChI is InChI=1S/C18H20ClFN2/c1-4-22(3)12-21-18-9-13(2)15(11-17(18)19)10-14-5-7-16(20)8-6-14/h5-9,11-12H,4,10H2,1-3H3. The molecule has 0 spiro atoms. The molecule has 0 aliphatic heterocycles. The number of hydrogen-bond acceptors (Lipinski definition) is 1. The Labute approximate surface area is 136 Å². The summed E-state index contributed by atoms with van der Waals surface area (Å²) in [6.45, 7) is 4.99. The molecule has 22 heavy (non-hydrogen) atoms. The first-order chi connectivity index (χ1) is 10.5. The first-order valence-corrected chi connectivity index (χ1v) is 7.65. The van der Waals surface area contributed by atoms with Crippen molar-refractivity contribution in [1.82, 2.24) is 4.90 Å². The second-order valence-corrected chi connectivity index (χ2v) is 5.76. The van der Waals surface area contributed by atoms with E-state index in [-0.39, 0.29) is 5.82 Å². The average molecular weight is 319 g/mol. The molecule has 0 aliphatic rings. The second kappa shape index (κ2) is 7.41. The monoisotopic (exact) mass is 318 g/mol. The van der Waals surface area contributed by atoms with Crippen LogP contribution in [0.4, 0.5) is 10.1 Å². The quantitative estimate of drug-likeness (QED) is 0.560. The van der Waals surface area contributed by atoms with Crippen molar-refractivity contribution in [2.24, 2.45) is 4.99 Å². The molecule has 2 rings (SSSR count). The van der Waals surface area contributed by atoms with Crippen molar-refractivity contribution in [1.29, 1.82) is 0 Å². The molecule has 0 bridgehead atoms. The maximum absolute atomic E-state index is 13.0. The highest BCUT2D eigenvalue weighted by Crippen LogP contribution is 2.29. The van der Waals surface area contributed by atoms with E-state index in [1.807, 2.05) is 31.0 Å². The molecule has 0 aromatic heterocycles. The molecule has 0 heterocycles. The SMILES string of the molecule is CCN(C)C=Nc1cc(C)c(Cc2ccc(F)cc2)cc1Cl. The fourth-order valence-electron chi connectivity index (χ4n) is 2.06. The molecule has 0 saturated heterocycles. The summed E-state index contributed by atoms with van der Waals surface area (Å²) in [5, 5.41) is 0.628. The van der Waals surface area contributed by atoms with Crippen LogP contribution in [-0.4, -0.2) is 24.8 Å². The van der Waals surface area contributed by atoms with Crippen molar-refractivity contribution in [2.45, 2.75) is 20.3 Å². The number of halogens is 2. The Kier molecular flexibility index (Phi) is 5.56. The number of aliphatic imine (C=N–C) groups is 1. The van der Waals surface area contributed by atoms with Gasteiger partial charge in [0.2, 0.25) is 0 Å². The molecular weight excluding hydrogens is 299 g/mol. The van der Waals surface area contributed by atoms with E-state index in [0.29, 0.717) is 5.02 Å². The average Bonchev–Trinajstić information content (AvgIpc) is 2.51. The van der Waals surface area contributed by atoms with Crippen LogP contribution >= 0.6 is 11.6 Å². The third-order valence-electron chi connectivity index (χ3n) is 3.61. The fraction of sp³-hybridized carbons (Fsp3) is 0.278. The summed E-state index contributed by atoms with van der Waals surface area (Å²) in [4.78, 5) is 6.40. The van der Waals surface area contributed by atoms with Crippen molar-refractivity contribution >= 4 is 23.6 Å². The Balaban J connectivity index is 2.22. The second-order valence-electron chi connectivity index (χ2n) is 5.35. The van der Waals surface area contributed by atoms with Crippen molar-refractivity contribution < 1.29 is 4.39 Å². The van der Waals surface area contributed by atoms with Gasteiger partial charge in [0.05, 0.1) is 17.0 Å². The van der Waals surface area contributed by atoms with E-state index < -0.39 is 0 Å². The Bertz CT molecular complexity index is 666. The van der Waals surface area contributed by atoms with E-state index in [4.69, 9.17) is 11.6 Å². The molecule has 0 amide bonds. The minimum Gasteiger partial charge on any atom is -0.366 e. The molecule has 2 aromatic rings. The van der Waals surface area contributed by atoms with Crippen LogP contribution < -0.4 is 0 Å². The van der Waals surface area contributed by atoms with Gasteiger partial charge in [-0.1, -0.05) is 23.7 Å². The number of benzene rings is 2. The van der Waals surface area contributed by atoms with E-state index in [0.717, 1.165) is 35.3 Å². The maximum atomic E-state index is 13.0. The van der Waals surface area contributed by atoms with Crippen molar-refractivity contribution in [3.05, 3.63) is 63.9 Å². The first-order valence-electron chi connectivity index (χ1n) is 7.27. The number of hydrogen-bond donors (Lipinski definition) is 0. The van der Waals surface area contributed by atoms with Gasteiger partial charge >= 0.3 is 0 Å². The lowest BCUT2D eigenvalue weighted by Gasteiger charge is -2.11. The molecular formula is C18H20ClFN2. The molecule has 0 unspecified atom stereocenters. The Morgan fingerprint density at radius 3 is 2.55 bits per heavy atom. The van der Waals surface area contributed by atoms with Crippen LogP contribution in [0.1, 0.15) is 23.6 Å². The van der Waals surface area contributed by atoms with Crippen LogP contribution in [0.3, 0.4) is 0 Å². The van der Waals surface area contributed by atoms with Crippen LogP contribution in [0.5, 0.6) is 0 Å². The molecule has 2 nitrogen and oxygen atoms in total. The van der Waals surface area contributed by atoms with Gasteiger partial charge in [-0.3, -0.25) is 0 Å². The lowest BCUT2D eigenvalue weighted by atomic mass is 10.00. The van der Waals surface area contributed by atoms with Crippen LogP contribution in [0.25, 0.3) is 0 Å². The molecule has 0 aliphatic carbocycles. The van der Waals surface area contributed by atoms with E-state index in [1.165, 1.54) is 12.1 Å². The van der Waals surface area contributed by atoms with Crippen LogP contribution in [-0.2, 0) is 6.42 Å². The van der Waals surface area contributed by atoms with Gasteiger partial charge in [-0.25, -0.2) is 9.38 Å². The summed E-state index contributed by atoms with van der Waals surface area (Å²) < 4.78 is 13.0. The topological polar surface area (TPSA) is 15.6 Å². The predicted octanol–water partition coefficient (Wildman–Crippen LogP) is 4.99. The lowest BCUT2D eigenvalue weighted by Crippen LogP contribution is -2.14. The Morgan fingerprint density at radius 2 is 1.91 bits per heavy atom. The largest absolute Gasteiger partial charge is 0.366 e. The van der Waals surface area contributed by atoms with Gasteiger partial charge in [-0.05, 0) is 61.2 Å². The van der Waals surface area contributed by atoms with E-state index in [9.17, 15) is 4.39 Å². The van der Waals surface area contributed by atoms with Crippen LogP contribution in [0.15, 0.2) is 41.4 Å². The summed E-state index contributed by atoms with van der Waals surface area (Å²) in [5.74, 6) is -0.219. The number of rotatable bonds is 5. The van der Waals surface area contributed by atoms with Gasteiger partial charge in [0.1, 0.15) is 5.82 Å². The molecule has 0 atom stereocenters. The minimum atomic E-state index is -0.219. The third kappa shape index (κ3) is 4.31. The van der Waals surface area contributed by atoms with Gasteiger partial charge < -0.3 is 4.90 Å². The third-order valence-corrected chi connectivity index (χ3v) is 3.91. The van der Waals surface area contributed by atoms with Crippen molar-refractivity contribution in [3.8, 4) is 0 Å². The Hall–Kier alpha value is -1.87. The van der Waals surface area contributed by atoms with Gasteiger partial charge in [0.25, 0.3) is 0 Å². The normalized spacial score (nSPS) is 11.1. The molecule has 2 aromatic carbocycles. The molecule has 0 N–H and O–H groups in total. The minimum absolute atomic E-state index is 0.219. The molecule has 0 saturated carbocycles. The highest BCUT2D eigenvalue weighted by atomic mass is 35.5. The predicted molar refractivity (Wildman–Crippen MR) is 91.9 cm³/mol. The van der Waals surface area contributed by atoms with Crippen molar-refractivity contribution in [3.63, 3.8) is 0 Å². The highest BCUT2D eigenvalue weighted by Gasteiger charge is 2.06. The molecule has 0 radical (unpaired) electrons. The smallest absolute Gasteiger partial charge is 0.123 e. The summed E-state index contributed by atoms with van der Waals surface area (Å²) in [5.41, 5.74) is 4.07. The zero-order valence-electron chi connectivity index (χ0n) is 13.1. The van der Waals surface area contributed by atoms with Crippen molar-refractivity contribution in [2.75, 3.05) is 13.6 Å². The van der Waals surface area contributed by atoms with Gasteiger partial charge in [-0.2, -0.15) is 0 Å². The number of aryl methyl sites for hydroxylation is 1. The van der Waals surface area contributed by atoms with E-state index in [1.54, 1.807) is 18.5 Å². The molecule has 0 fully saturated rings. The summed E-state index contributed by atoms with van der Waals surface area (Å²) >= 11 is 6.33. The lowest BCUT2D eigenvalue weighted by molar-refractivity contribution is 0.552. The maximum Gasteiger partial charge on any atom is 0.123 e. The van der Waals surface area contributed by atoms with Gasteiger partial charge in [0, 0.05) is 13.6 Å². The number of nitrogens with zero attached hydrogens (tertiary/aromatic N) is 2. The van der Waals surface area contributed by atoms with E-state index >= 15 is 0 Å². The highest BCUT2D eigenvalue weighted by molar-refractivity contribution is 6.33. The molecule has 116 valence electrons. The fourth-order valence-corrected chi connectivity index (χ4v) is 2.30. The van der Waals surface area contributed by atoms with Gasteiger partial charge in [0.15, 0.2) is 0 Å². The molecule has 4 heteroatoms. The summed E-state index contributed by atoms with van der Waals surface area (Å²) in [6.07, 6.45) is 2.50. The van der Waals surface area contributed by atoms with E-state index in [2.05, 4.69) is 11.9 Å². The van der Waals surface area contributed by atoms with Crippen LogP contribution in [0.2, 0.25) is 5.02 Å². The summed E-state index contributed by atoms with van der Waals surface area (Å²) in [7, 11) is 1.97. The zero-order chi connectivity index (χ0) is 16.1. The zero-order valence-corrected chi connectivity index (χ0v) is 13.9. The summed E-state index contributed by atoms with van der Waals surface area (Å²) in [6, 6.07) is 10.5. The Morgan fingerprint density at radius 1 is 1.23 bits per heavy atom.